The Hall–Kier alpha value is -2.54. The number of methoxy groups -OCH3 is 1. The summed E-state index contributed by atoms with van der Waals surface area (Å²) in [6.45, 7) is 8.61. The number of rotatable bonds is 6. The predicted molar refractivity (Wildman–Crippen MR) is 103 cm³/mol. The molecule has 0 saturated heterocycles. The molecule has 7 nitrogen and oxygen atoms in total. The Morgan fingerprint density at radius 1 is 1.31 bits per heavy atom. The van der Waals surface area contributed by atoms with Crippen molar-refractivity contribution in [2.75, 3.05) is 12.4 Å². The number of nitrogens with zero attached hydrogens (tertiary/aromatic N) is 4. The molecule has 0 unspecified atom stereocenters. The molecular weight excluding hydrogens is 330 g/mol. The zero-order chi connectivity index (χ0) is 19.1. The van der Waals surface area contributed by atoms with Gasteiger partial charge in [-0.25, -0.2) is 4.68 Å². The summed E-state index contributed by atoms with van der Waals surface area (Å²) in [5.41, 5.74) is 1.68. The van der Waals surface area contributed by atoms with Crippen LogP contribution >= 0.6 is 0 Å². The Morgan fingerprint density at radius 3 is 2.65 bits per heavy atom. The fourth-order valence-electron chi connectivity index (χ4n) is 3.01. The molecule has 2 heterocycles. The van der Waals surface area contributed by atoms with Gasteiger partial charge in [-0.15, -0.1) is 0 Å². The predicted octanol–water partition coefficient (Wildman–Crippen LogP) is 3.41. The third kappa shape index (κ3) is 3.39. The van der Waals surface area contributed by atoms with Gasteiger partial charge >= 0.3 is 0 Å². The monoisotopic (exact) mass is 357 g/mol. The molecule has 2 aromatic heterocycles. The summed E-state index contributed by atoms with van der Waals surface area (Å²) in [5, 5.41) is 23.6. The molecule has 0 radical (unpaired) electrons. The van der Waals surface area contributed by atoms with Crippen molar-refractivity contribution < 1.29 is 9.84 Å². The Labute approximate surface area is 153 Å². The lowest BCUT2D eigenvalue weighted by Gasteiger charge is -2.17. The second kappa shape index (κ2) is 6.64. The standard InChI is InChI=1S/C19H27N5O2/c1-12(2)11-24-18(26-6)15(10-20-24)21-17-14-8-7-13(19(3,4)25)9-16(14)23(5)22-17/h7-10,12,25H,11H2,1-6H3,(H,21,22). The highest BCUT2D eigenvalue weighted by molar-refractivity contribution is 5.92. The summed E-state index contributed by atoms with van der Waals surface area (Å²) in [6, 6.07) is 5.87. The summed E-state index contributed by atoms with van der Waals surface area (Å²) in [6.07, 6.45) is 1.76. The molecule has 0 fully saturated rings. The second-order valence-corrected chi connectivity index (χ2v) is 7.53. The third-order valence-corrected chi connectivity index (χ3v) is 4.33. The Bertz CT molecular complexity index is 918. The molecule has 1 aromatic carbocycles. The molecular formula is C19H27N5O2. The molecule has 0 aliphatic heterocycles. The number of hydrogen-bond donors (Lipinski definition) is 2. The Balaban J connectivity index is 1.99. The first-order valence-corrected chi connectivity index (χ1v) is 8.77. The van der Waals surface area contributed by atoms with E-state index < -0.39 is 5.60 Å². The fourth-order valence-corrected chi connectivity index (χ4v) is 3.01. The molecule has 0 atom stereocenters. The van der Waals surface area contributed by atoms with Gasteiger partial charge in [0.15, 0.2) is 5.82 Å². The van der Waals surface area contributed by atoms with Gasteiger partial charge in [-0.2, -0.15) is 10.2 Å². The van der Waals surface area contributed by atoms with Crippen LogP contribution in [0, 0.1) is 5.92 Å². The van der Waals surface area contributed by atoms with Gasteiger partial charge in [0, 0.05) is 19.0 Å². The Morgan fingerprint density at radius 2 is 2.04 bits per heavy atom. The van der Waals surface area contributed by atoms with E-state index in [1.807, 2.05) is 29.9 Å². The highest BCUT2D eigenvalue weighted by Crippen LogP contribution is 2.32. The van der Waals surface area contributed by atoms with E-state index in [2.05, 4.69) is 29.4 Å². The molecule has 0 amide bonds. The first kappa shape index (κ1) is 18.3. The number of ether oxygens (including phenoxy) is 1. The number of aryl methyl sites for hydroxylation is 1. The van der Waals surface area contributed by atoms with Gasteiger partial charge in [0.05, 0.1) is 24.4 Å². The smallest absolute Gasteiger partial charge is 0.236 e. The summed E-state index contributed by atoms with van der Waals surface area (Å²) in [7, 11) is 3.53. The van der Waals surface area contributed by atoms with Gasteiger partial charge in [-0.05, 0) is 37.5 Å². The maximum atomic E-state index is 10.3. The fraction of sp³-hybridized carbons (Fsp3) is 0.474. The highest BCUT2D eigenvalue weighted by atomic mass is 16.5. The van der Waals surface area contributed by atoms with Crippen LogP contribution in [0.15, 0.2) is 24.4 Å². The van der Waals surface area contributed by atoms with E-state index in [1.165, 1.54) is 0 Å². The number of aliphatic hydroxyl groups is 1. The first-order valence-electron chi connectivity index (χ1n) is 8.77. The van der Waals surface area contributed by atoms with Crippen LogP contribution < -0.4 is 10.1 Å². The maximum absolute atomic E-state index is 10.3. The molecule has 140 valence electrons. The molecule has 0 bridgehead atoms. The van der Waals surface area contributed by atoms with Crippen LogP contribution in [0.2, 0.25) is 0 Å². The molecule has 2 N–H and O–H groups in total. The molecule has 0 spiro atoms. The minimum absolute atomic E-state index is 0.465. The summed E-state index contributed by atoms with van der Waals surface area (Å²) < 4.78 is 9.20. The minimum atomic E-state index is -0.896. The third-order valence-electron chi connectivity index (χ3n) is 4.33. The summed E-state index contributed by atoms with van der Waals surface area (Å²) >= 11 is 0. The van der Waals surface area contributed by atoms with E-state index in [-0.39, 0.29) is 0 Å². The quantitative estimate of drug-likeness (QED) is 0.707. The zero-order valence-electron chi connectivity index (χ0n) is 16.2. The SMILES string of the molecule is COc1c(Nc2nn(C)c3cc(C(C)(C)O)ccc23)cnn1CC(C)C. The summed E-state index contributed by atoms with van der Waals surface area (Å²) in [4.78, 5) is 0. The number of fused-ring (bicyclic) bond motifs is 1. The van der Waals surface area contributed by atoms with Crippen LogP contribution in [0.3, 0.4) is 0 Å². The van der Waals surface area contributed by atoms with Crippen LogP contribution in [-0.2, 0) is 19.2 Å². The van der Waals surface area contributed by atoms with Crippen LogP contribution in [0.25, 0.3) is 10.9 Å². The van der Waals surface area contributed by atoms with Crippen LogP contribution in [0.1, 0.15) is 33.3 Å². The van der Waals surface area contributed by atoms with E-state index >= 15 is 0 Å². The minimum Gasteiger partial charge on any atom is -0.480 e. The number of anilines is 2. The van der Waals surface area contributed by atoms with Crippen molar-refractivity contribution in [1.29, 1.82) is 0 Å². The van der Waals surface area contributed by atoms with Gasteiger partial charge in [-0.1, -0.05) is 19.9 Å². The molecule has 3 aromatic rings. The van der Waals surface area contributed by atoms with Crippen molar-refractivity contribution in [3.05, 3.63) is 30.0 Å². The van der Waals surface area contributed by atoms with Crippen LogP contribution in [-0.4, -0.2) is 31.8 Å². The van der Waals surface area contributed by atoms with Gasteiger partial charge in [0.25, 0.3) is 0 Å². The number of nitrogens with one attached hydrogen (secondary N) is 1. The van der Waals surface area contributed by atoms with E-state index in [0.717, 1.165) is 34.5 Å². The average molecular weight is 357 g/mol. The number of aromatic nitrogens is 4. The van der Waals surface area contributed by atoms with E-state index in [1.54, 1.807) is 31.8 Å². The maximum Gasteiger partial charge on any atom is 0.236 e. The topological polar surface area (TPSA) is 77.1 Å². The summed E-state index contributed by atoms with van der Waals surface area (Å²) in [5.74, 6) is 1.88. The van der Waals surface area contributed by atoms with Gasteiger partial charge in [-0.3, -0.25) is 4.68 Å². The molecule has 26 heavy (non-hydrogen) atoms. The van der Waals surface area contributed by atoms with Crippen molar-refractivity contribution in [3.63, 3.8) is 0 Å². The molecule has 0 aliphatic carbocycles. The molecule has 0 saturated carbocycles. The molecule has 7 heteroatoms. The van der Waals surface area contributed by atoms with E-state index in [4.69, 9.17) is 4.74 Å². The second-order valence-electron chi connectivity index (χ2n) is 7.53. The lowest BCUT2D eigenvalue weighted by molar-refractivity contribution is 0.0787. The van der Waals surface area contributed by atoms with Crippen molar-refractivity contribution in [2.45, 2.75) is 39.8 Å². The first-order chi connectivity index (χ1) is 12.2. The van der Waals surface area contributed by atoms with Gasteiger partial charge in [0.2, 0.25) is 5.88 Å². The molecule has 3 rings (SSSR count). The zero-order valence-corrected chi connectivity index (χ0v) is 16.2. The lowest BCUT2D eigenvalue weighted by atomic mass is 9.97. The largest absolute Gasteiger partial charge is 0.480 e. The van der Waals surface area contributed by atoms with Gasteiger partial charge in [0.1, 0.15) is 5.69 Å². The number of benzene rings is 1. The molecule has 0 aliphatic rings. The van der Waals surface area contributed by atoms with Crippen molar-refractivity contribution in [2.24, 2.45) is 13.0 Å². The normalized spacial score (nSPS) is 12.2. The van der Waals surface area contributed by atoms with Crippen LogP contribution in [0.5, 0.6) is 5.88 Å². The number of hydrogen-bond acceptors (Lipinski definition) is 5. The van der Waals surface area contributed by atoms with Crippen molar-refractivity contribution in [1.82, 2.24) is 19.6 Å². The van der Waals surface area contributed by atoms with Crippen LogP contribution in [0.4, 0.5) is 11.5 Å². The van der Waals surface area contributed by atoms with E-state index in [9.17, 15) is 5.11 Å². The average Bonchev–Trinajstić information content (AvgIpc) is 3.07. The lowest BCUT2D eigenvalue weighted by Crippen LogP contribution is -2.15. The highest BCUT2D eigenvalue weighted by Gasteiger charge is 2.20. The van der Waals surface area contributed by atoms with Crippen molar-refractivity contribution in [3.8, 4) is 5.88 Å². The Kier molecular flexibility index (Phi) is 4.66. The van der Waals surface area contributed by atoms with Crippen molar-refractivity contribution >= 4 is 22.4 Å². The van der Waals surface area contributed by atoms with Gasteiger partial charge < -0.3 is 15.2 Å². The van der Waals surface area contributed by atoms with E-state index in [0.29, 0.717) is 11.8 Å².